The predicted octanol–water partition coefficient (Wildman–Crippen LogP) is 2.44. The van der Waals surface area contributed by atoms with Crippen LogP contribution in [-0.2, 0) is 6.42 Å². The van der Waals surface area contributed by atoms with Crippen molar-refractivity contribution >= 4 is 0 Å². The molecule has 96 valence electrons. The van der Waals surface area contributed by atoms with Crippen molar-refractivity contribution in [3.05, 3.63) is 59.3 Å². The quantitative estimate of drug-likeness (QED) is 0.502. The van der Waals surface area contributed by atoms with Gasteiger partial charge in [0.2, 0.25) is 0 Å². The van der Waals surface area contributed by atoms with Crippen molar-refractivity contribution in [3.63, 3.8) is 0 Å². The van der Waals surface area contributed by atoms with Gasteiger partial charge in [-0.2, -0.15) is 0 Å². The van der Waals surface area contributed by atoms with E-state index in [1.54, 1.807) is 6.07 Å². The molecule has 2 aromatic rings. The molecule has 6 heteroatoms. The Bertz CT molecular complexity index is 528. The summed E-state index contributed by atoms with van der Waals surface area (Å²) < 4.78 is 44.4. The van der Waals surface area contributed by atoms with Crippen molar-refractivity contribution in [1.29, 1.82) is 0 Å². The van der Waals surface area contributed by atoms with Gasteiger partial charge in [0.25, 0.3) is 0 Å². The lowest BCUT2D eigenvalue weighted by Crippen LogP contribution is -2.30. The third-order valence-corrected chi connectivity index (χ3v) is 2.66. The normalized spacial score (nSPS) is 12.7. The predicted molar refractivity (Wildman–Crippen MR) is 58.8 cm³/mol. The smallest absolute Gasteiger partial charge is 0.194 e. The van der Waals surface area contributed by atoms with Crippen LogP contribution in [0.25, 0.3) is 0 Å². The summed E-state index contributed by atoms with van der Waals surface area (Å²) in [5.41, 5.74) is 3.11. The summed E-state index contributed by atoms with van der Waals surface area (Å²) in [6.45, 7) is 0. The van der Waals surface area contributed by atoms with Crippen LogP contribution in [0, 0.1) is 17.5 Å². The Kier molecular flexibility index (Phi) is 3.69. The summed E-state index contributed by atoms with van der Waals surface area (Å²) in [4.78, 5) is 0. The maximum atomic E-state index is 13.6. The molecule has 0 aliphatic heterocycles. The Morgan fingerprint density at radius 3 is 2.56 bits per heavy atom. The number of hydrogen-bond donors (Lipinski definition) is 2. The first-order valence-electron chi connectivity index (χ1n) is 5.24. The second kappa shape index (κ2) is 5.24. The largest absolute Gasteiger partial charge is 0.472 e. The average molecular weight is 256 g/mol. The Labute approximate surface area is 101 Å². The summed E-state index contributed by atoms with van der Waals surface area (Å²) in [7, 11) is 0. The molecule has 0 saturated heterocycles. The van der Waals surface area contributed by atoms with E-state index in [1.807, 2.05) is 0 Å². The third kappa shape index (κ3) is 2.39. The Balaban J connectivity index is 2.30. The van der Waals surface area contributed by atoms with Crippen LogP contribution >= 0.6 is 0 Å². The van der Waals surface area contributed by atoms with Crippen LogP contribution in [0.4, 0.5) is 13.2 Å². The molecule has 3 N–H and O–H groups in total. The molecular formula is C12H11F3N2O. The molecule has 1 unspecified atom stereocenters. The van der Waals surface area contributed by atoms with Gasteiger partial charge in [-0.1, -0.05) is 6.07 Å². The van der Waals surface area contributed by atoms with Crippen LogP contribution in [0.2, 0.25) is 0 Å². The number of rotatable bonds is 4. The fraction of sp³-hybridized carbons (Fsp3) is 0.167. The summed E-state index contributed by atoms with van der Waals surface area (Å²) in [6.07, 6.45) is 3.24. The number of nitrogens with two attached hydrogens (primary N) is 1. The van der Waals surface area contributed by atoms with Crippen LogP contribution in [0.15, 0.2) is 35.1 Å². The maximum absolute atomic E-state index is 13.6. The second-order valence-electron chi connectivity index (χ2n) is 3.82. The molecule has 0 aliphatic rings. The monoisotopic (exact) mass is 256 g/mol. The molecule has 0 spiro atoms. The van der Waals surface area contributed by atoms with Gasteiger partial charge in [-0.05, 0) is 24.1 Å². The number of benzene rings is 1. The lowest BCUT2D eigenvalue weighted by Gasteiger charge is -2.16. The first-order valence-corrected chi connectivity index (χ1v) is 5.24. The highest BCUT2D eigenvalue weighted by atomic mass is 19.2. The van der Waals surface area contributed by atoms with E-state index in [2.05, 4.69) is 5.43 Å². The summed E-state index contributed by atoms with van der Waals surface area (Å²) in [5, 5.41) is 0. The van der Waals surface area contributed by atoms with Gasteiger partial charge in [0.05, 0.1) is 18.6 Å². The van der Waals surface area contributed by atoms with Crippen LogP contribution in [0.5, 0.6) is 0 Å². The topological polar surface area (TPSA) is 51.2 Å². The van der Waals surface area contributed by atoms with Gasteiger partial charge < -0.3 is 4.42 Å². The van der Waals surface area contributed by atoms with Gasteiger partial charge in [-0.25, -0.2) is 13.2 Å². The molecule has 0 aliphatic carbocycles. The summed E-state index contributed by atoms with van der Waals surface area (Å²) >= 11 is 0. The molecular weight excluding hydrogens is 245 g/mol. The van der Waals surface area contributed by atoms with Crippen molar-refractivity contribution in [2.24, 2.45) is 5.84 Å². The zero-order chi connectivity index (χ0) is 13.1. The highest BCUT2D eigenvalue weighted by Crippen LogP contribution is 2.24. The summed E-state index contributed by atoms with van der Waals surface area (Å²) in [6, 6.07) is 3.05. The van der Waals surface area contributed by atoms with Gasteiger partial charge in [0.15, 0.2) is 17.5 Å². The van der Waals surface area contributed by atoms with E-state index < -0.39 is 23.5 Å². The molecule has 2 rings (SSSR count). The number of hydrogen-bond acceptors (Lipinski definition) is 3. The van der Waals surface area contributed by atoms with Gasteiger partial charge in [-0.3, -0.25) is 11.3 Å². The molecule has 0 bridgehead atoms. The average Bonchev–Trinajstić information content (AvgIpc) is 2.87. The zero-order valence-electron chi connectivity index (χ0n) is 9.29. The van der Waals surface area contributed by atoms with Gasteiger partial charge in [-0.15, -0.1) is 0 Å². The molecule has 1 aromatic heterocycles. The minimum Gasteiger partial charge on any atom is -0.472 e. The molecule has 18 heavy (non-hydrogen) atoms. The molecule has 0 fully saturated rings. The van der Waals surface area contributed by atoms with E-state index in [9.17, 15) is 13.2 Å². The number of halogens is 3. The van der Waals surface area contributed by atoms with E-state index >= 15 is 0 Å². The second-order valence-corrected chi connectivity index (χ2v) is 3.82. The maximum Gasteiger partial charge on any atom is 0.194 e. The Hall–Kier alpha value is -1.79. The Morgan fingerprint density at radius 1 is 1.17 bits per heavy atom. The first-order chi connectivity index (χ1) is 8.63. The van der Waals surface area contributed by atoms with E-state index in [0.717, 1.165) is 11.6 Å². The third-order valence-electron chi connectivity index (χ3n) is 2.66. The first kappa shape index (κ1) is 12.7. The fourth-order valence-electron chi connectivity index (χ4n) is 1.71. The number of furan rings is 1. The van der Waals surface area contributed by atoms with Gasteiger partial charge >= 0.3 is 0 Å². The van der Waals surface area contributed by atoms with Crippen molar-refractivity contribution in [2.45, 2.75) is 12.5 Å². The van der Waals surface area contributed by atoms with E-state index in [4.69, 9.17) is 10.3 Å². The molecule has 1 aromatic carbocycles. The van der Waals surface area contributed by atoms with E-state index in [1.165, 1.54) is 18.6 Å². The molecule has 0 amide bonds. The molecule has 0 saturated carbocycles. The van der Waals surface area contributed by atoms with Crippen LogP contribution in [0.3, 0.4) is 0 Å². The number of hydrazine groups is 1. The standard InChI is InChI=1S/C12H11F3N2O/c13-9-2-1-8(11(14)12(9)15)10(17-16)5-7-3-4-18-6-7/h1-4,6,10,17H,5,16H2. The fourth-order valence-corrected chi connectivity index (χ4v) is 1.71. The SMILES string of the molecule is NNC(Cc1ccoc1)c1ccc(F)c(F)c1F. The van der Waals surface area contributed by atoms with Crippen LogP contribution in [-0.4, -0.2) is 0 Å². The van der Waals surface area contributed by atoms with Crippen molar-refractivity contribution in [3.8, 4) is 0 Å². The van der Waals surface area contributed by atoms with E-state index in [-0.39, 0.29) is 5.56 Å². The summed E-state index contributed by atoms with van der Waals surface area (Å²) in [5.74, 6) is 1.35. The lowest BCUT2D eigenvalue weighted by molar-refractivity contribution is 0.424. The van der Waals surface area contributed by atoms with Crippen molar-refractivity contribution < 1.29 is 17.6 Å². The molecule has 1 heterocycles. The zero-order valence-corrected chi connectivity index (χ0v) is 9.29. The minimum atomic E-state index is -1.50. The van der Waals surface area contributed by atoms with Crippen LogP contribution in [0.1, 0.15) is 17.2 Å². The minimum absolute atomic E-state index is 0.0300. The molecule has 3 nitrogen and oxygen atoms in total. The van der Waals surface area contributed by atoms with Gasteiger partial charge in [0.1, 0.15) is 0 Å². The lowest BCUT2D eigenvalue weighted by atomic mass is 10.0. The molecule has 1 atom stereocenters. The van der Waals surface area contributed by atoms with E-state index in [0.29, 0.717) is 6.42 Å². The Morgan fingerprint density at radius 2 is 1.94 bits per heavy atom. The highest BCUT2D eigenvalue weighted by Gasteiger charge is 2.20. The van der Waals surface area contributed by atoms with Crippen molar-refractivity contribution in [2.75, 3.05) is 0 Å². The molecule has 0 radical (unpaired) electrons. The highest BCUT2D eigenvalue weighted by molar-refractivity contribution is 5.25. The van der Waals surface area contributed by atoms with Gasteiger partial charge in [0, 0.05) is 5.56 Å². The van der Waals surface area contributed by atoms with Crippen LogP contribution < -0.4 is 11.3 Å². The van der Waals surface area contributed by atoms with Crippen molar-refractivity contribution in [1.82, 2.24) is 5.43 Å². The number of nitrogens with one attached hydrogen (secondary N) is 1.